The quantitative estimate of drug-likeness (QED) is 0.386. The molecule has 9 heteroatoms. The highest BCUT2D eigenvalue weighted by Gasteiger charge is 2.37. The molecular formula is C30H28FN3O4S. The molecule has 0 bridgehead atoms. The third-order valence-corrected chi connectivity index (χ3v) is 8.82. The van der Waals surface area contributed by atoms with Crippen LogP contribution in [0.3, 0.4) is 0 Å². The van der Waals surface area contributed by atoms with E-state index in [0.29, 0.717) is 5.56 Å². The molecule has 0 fully saturated rings. The maximum Gasteiger partial charge on any atom is 0.245 e. The van der Waals surface area contributed by atoms with Crippen molar-refractivity contribution >= 4 is 21.4 Å². The normalized spacial score (nSPS) is 16.5. The topological polar surface area (TPSA) is 103 Å². The van der Waals surface area contributed by atoms with Crippen LogP contribution >= 0.6 is 0 Å². The Bertz CT molecular complexity index is 1670. The molecule has 5 rings (SSSR count). The molecule has 0 unspecified atom stereocenters. The summed E-state index contributed by atoms with van der Waals surface area (Å²) in [6.45, 7) is 3.77. The number of fused-ring (bicyclic) bond motifs is 1. The number of nitrogens with two attached hydrogens (primary N) is 1. The van der Waals surface area contributed by atoms with Gasteiger partial charge in [-0.1, -0.05) is 36.4 Å². The second kappa shape index (κ2) is 10.2. The molecule has 1 aromatic heterocycles. The van der Waals surface area contributed by atoms with Crippen LogP contribution in [0.25, 0.3) is 22.3 Å². The minimum atomic E-state index is -4.02. The summed E-state index contributed by atoms with van der Waals surface area (Å²) in [6.07, 6.45) is 1.54. The summed E-state index contributed by atoms with van der Waals surface area (Å²) in [5, 5.41) is 0. The van der Waals surface area contributed by atoms with Gasteiger partial charge in [0.25, 0.3) is 0 Å². The lowest BCUT2D eigenvalue weighted by molar-refractivity contribution is -0.119. The van der Waals surface area contributed by atoms with Crippen molar-refractivity contribution in [1.82, 2.24) is 4.98 Å². The second-order valence-corrected chi connectivity index (χ2v) is 11.7. The average molecular weight is 546 g/mol. The van der Waals surface area contributed by atoms with E-state index in [-0.39, 0.29) is 22.7 Å². The minimum absolute atomic E-state index is 0.0637. The molecule has 200 valence electrons. The fourth-order valence-corrected chi connectivity index (χ4v) is 6.23. The number of sulfone groups is 1. The van der Waals surface area contributed by atoms with Gasteiger partial charge in [-0.05, 0) is 66.4 Å². The Labute approximate surface area is 227 Å². The molecule has 0 saturated heterocycles. The largest absolute Gasteiger partial charge is 0.497 e. The Kier molecular flexibility index (Phi) is 6.96. The first kappa shape index (κ1) is 26.5. The number of nitrogens with zero attached hydrogens (tertiary/aromatic N) is 2. The lowest BCUT2D eigenvalue weighted by Gasteiger charge is -2.25. The lowest BCUT2D eigenvalue weighted by atomic mass is 10.0. The van der Waals surface area contributed by atoms with Gasteiger partial charge in [-0.3, -0.25) is 9.78 Å². The molecule has 7 nitrogen and oxygen atoms in total. The first-order valence-electron chi connectivity index (χ1n) is 12.4. The van der Waals surface area contributed by atoms with Crippen molar-refractivity contribution in [3.05, 3.63) is 95.6 Å². The van der Waals surface area contributed by atoms with Crippen molar-refractivity contribution in [2.75, 3.05) is 17.8 Å². The van der Waals surface area contributed by atoms with E-state index < -0.39 is 33.4 Å². The minimum Gasteiger partial charge on any atom is -0.497 e. The van der Waals surface area contributed by atoms with Gasteiger partial charge in [-0.15, -0.1) is 0 Å². The number of ether oxygens (including phenoxy) is 1. The van der Waals surface area contributed by atoms with Crippen molar-refractivity contribution in [3.8, 4) is 28.0 Å². The van der Waals surface area contributed by atoms with E-state index in [2.05, 4.69) is 4.98 Å². The summed E-state index contributed by atoms with van der Waals surface area (Å²) in [5.41, 5.74) is 11.2. The highest BCUT2D eigenvalue weighted by atomic mass is 32.2. The van der Waals surface area contributed by atoms with Crippen LogP contribution < -0.4 is 15.4 Å². The van der Waals surface area contributed by atoms with Crippen LogP contribution in [-0.4, -0.2) is 38.2 Å². The van der Waals surface area contributed by atoms with Gasteiger partial charge in [0, 0.05) is 23.0 Å². The van der Waals surface area contributed by atoms with Gasteiger partial charge >= 0.3 is 0 Å². The predicted octanol–water partition coefficient (Wildman–Crippen LogP) is 4.83. The zero-order chi connectivity index (χ0) is 27.9. The maximum atomic E-state index is 15.3. The van der Waals surface area contributed by atoms with E-state index in [9.17, 15) is 13.2 Å². The summed E-state index contributed by atoms with van der Waals surface area (Å²) in [6, 6.07) is 18.1. The van der Waals surface area contributed by atoms with Crippen molar-refractivity contribution < 1.29 is 22.3 Å². The van der Waals surface area contributed by atoms with Crippen molar-refractivity contribution in [1.29, 1.82) is 0 Å². The molecule has 3 aromatic carbocycles. The lowest BCUT2D eigenvalue weighted by Crippen LogP contribution is -2.45. The van der Waals surface area contributed by atoms with E-state index in [1.807, 2.05) is 62.4 Å². The number of benzene rings is 3. The summed E-state index contributed by atoms with van der Waals surface area (Å²) >= 11 is 0. The van der Waals surface area contributed by atoms with Crippen LogP contribution in [0, 0.1) is 19.7 Å². The zero-order valence-electron chi connectivity index (χ0n) is 21.8. The number of halogens is 1. The molecule has 1 amide bonds. The molecule has 39 heavy (non-hydrogen) atoms. The fraction of sp³-hybridized carbons (Fsp3) is 0.200. The number of aromatic nitrogens is 1. The SMILES string of the molecule is COc1ccc(-c2ccc(CN3C(=O)[C@@H](N)CS(=O)(=O)c4cc(F)c(-c5cnc(C)c(C)c5)cc43)cc2)cc1. The molecule has 0 spiro atoms. The standard InChI is InChI=1S/C30H28FN3O4S/c1-18-12-23(15-33-19(18)2)25-13-28-29(14-26(25)31)39(36,37)17-27(32)30(35)34(28)16-20-4-6-21(7-5-20)22-8-10-24(38-3)11-9-22/h4-15,27H,16-17,32H2,1-3H3/t27-/m0/s1. The van der Waals surface area contributed by atoms with Gasteiger partial charge in [0.2, 0.25) is 5.91 Å². The summed E-state index contributed by atoms with van der Waals surface area (Å²) in [4.78, 5) is 18.8. The molecular weight excluding hydrogens is 517 g/mol. The van der Waals surface area contributed by atoms with E-state index in [4.69, 9.17) is 10.5 Å². The number of amides is 1. The molecule has 4 aromatic rings. The number of hydrogen-bond donors (Lipinski definition) is 1. The van der Waals surface area contributed by atoms with E-state index >= 15 is 4.39 Å². The molecule has 1 atom stereocenters. The number of rotatable bonds is 5. The van der Waals surface area contributed by atoms with Crippen LogP contribution in [0.4, 0.5) is 10.1 Å². The first-order valence-corrected chi connectivity index (χ1v) is 14.0. The van der Waals surface area contributed by atoms with Gasteiger partial charge < -0.3 is 15.4 Å². The van der Waals surface area contributed by atoms with Crippen LogP contribution in [0.1, 0.15) is 16.8 Å². The van der Waals surface area contributed by atoms with Crippen LogP contribution in [0.15, 0.2) is 77.8 Å². The summed E-state index contributed by atoms with van der Waals surface area (Å²) < 4.78 is 46.8. The molecule has 1 aliphatic rings. The van der Waals surface area contributed by atoms with Crippen LogP contribution in [0.2, 0.25) is 0 Å². The number of pyridine rings is 1. The number of methoxy groups -OCH3 is 1. The molecule has 2 N–H and O–H groups in total. The fourth-order valence-electron chi connectivity index (χ4n) is 4.66. The zero-order valence-corrected chi connectivity index (χ0v) is 22.6. The Hall–Kier alpha value is -4.08. The Morgan fingerprint density at radius 3 is 2.26 bits per heavy atom. The van der Waals surface area contributed by atoms with Gasteiger partial charge in [0.15, 0.2) is 9.84 Å². The average Bonchev–Trinajstić information content (AvgIpc) is 2.99. The summed E-state index contributed by atoms with van der Waals surface area (Å²) in [5.74, 6) is -1.11. The Balaban J connectivity index is 1.56. The molecule has 1 aliphatic heterocycles. The Morgan fingerprint density at radius 2 is 1.64 bits per heavy atom. The molecule has 0 aliphatic carbocycles. The smallest absolute Gasteiger partial charge is 0.245 e. The number of carbonyl (C=O) groups excluding carboxylic acids is 1. The first-order chi connectivity index (χ1) is 18.6. The molecule has 0 radical (unpaired) electrons. The molecule has 0 saturated carbocycles. The van der Waals surface area contributed by atoms with Crippen LogP contribution in [0.5, 0.6) is 5.75 Å². The highest BCUT2D eigenvalue weighted by molar-refractivity contribution is 7.91. The van der Waals surface area contributed by atoms with Crippen molar-refractivity contribution in [2.45, 2.75) is 31.3 Å². The second-order valence-electron chi connectivity index (χ2n) is 9.66. The van der Waals surface area contributed by atoms with Gasteiger partial charge in [0.1, 0.15) is 11.6 Å². The molecule has 2 heterocycles. The predicted molar refractivity (Wildman–Crippen MR) is 149 cm³/mol. The maximum absolute atomic E-state index is 15.3. The van der Waals surface area contributed by atoms with Crippen molar-refractivity contribution in [3.63, 3.8) is 0 Å². The highest BCUT2D eigenvalue weighted by Crippen LogP contribution is 2.37. The number of anilines is 1. The van der Waals surface area contributed by atoms with E-state index in [1.165, 1.54) is 17.2 Å². The van der Waals surface area contributed by atoms with E-state index in [0.717, 1.165) is 39.8 Å². The van der Waals surface area contributed by atoms with Gasteiger partial charge in [0.05, 0.1) is 36.0 Å². The third kappa shape index (κ3) is 5.15. The van der Waals surface area contributed by atoms with Gasteiger partial charge in [-0.2, -0.15) is 0 Å². The van der Waals surface area contributed by atoms with Crippen molar-refractivity contribution in [2.24, 2.45) is 5.73 Å². The number of carbonyl (C=O) groups is 1. The third-order valence-electron chi connectivity index (χ3n) is 7.03. The number of aryl methyl sites for hydroxylation is 2. The summed E-state index contributed by atoms with van der Waals surface area (Å²) in [7, 11) is -2.41. The van der Waals surface area contributed by atoms with E-state index in [1.54, 1.807) is 13.2 Å². The monoisotopic (exact) mass is 545 g/mol. The Morgan fingerprint density at radius 1 is 1.00 bits per heavy atom. The number of hydrogen-bond acceptors (Lipinski definition) is 6. The van der Waals surface area contributed by atoms with Crippen LogP contribution in [-0.2, 0) is 21.2 Å². The van der Waals surface area contributed by atoms with Gasteiger partial charge in [-0.25, -0.2) is 12.8 Å².